The molecular weight excluding hydrogens is 446 g/mol. The van der Waals surface area contributed by atoms with E-state index in [4.69, 9.17) is 4.74 Å². The standard InChI is InChI=1S/C27H33N3O5/c1-3-14-30(15-4-2)26(32)23(17-24(27(33)34)35-18-19-10-6-5-7-11-19)29-25(31)22-16-20-12-8-9-13-21(20)28-22/h5-13,16,23-24,28H,3-4,14-15,17-18H2,1-2H3,(H,29,31)(H,33,34)/t23?,24-/m1/s1. The molecule has 2 atom stereocenters. The molecule has 0 saturated heterocycles. The SMILES string of the molecule is CCCN(CCC)C(=O)C(C[C@@H](OCc1ccccc1)C(=O)O)NC(=O)c1cc2ccccc2[nH]1. The summed E-state index contributed by atoms with van der Waals surface area (Å²) in [4.78, 5) is 43.3. The molecule has 0 spiro atoms. The minimum atomic E-state index is -1.27. The number of aromatic nitrogens is 1. The Bertz CT molecular complexity index is 1090. The van der Waals surface area contributed by atoms with Crippen molar-refractivity contribution in [3.05, 3.63) is 71.9 Å². The van der Waals surface area contributed by atoms with Crippen LogP contribution in [0.2, 0.25) is 0 Å². The Morgan fingerprint density at radius 1 is 1.00 bits per heavy atom. The van der Waals surface area contributed by atoms with Gasteiger partial charge in [-0.3, -0.25) is 9.59 Å². The highest BCUT2D eigenvalue weighted by Crippen LogP contribution is 2.16. The summed E-state index contributed by atoms with van der Waals surface area (Å²) in [6.45, 7) is 5.07. The quantitative estimate of drug-likeness (QED) is 0.343. The van der Waals surface area contributed by atoms with Crippen molar-refractivity contribution in [3.63, 3.8) is 0 Å². The van der Waals surface area contributed by atoms with Crippen molar-refractivity contribution in [2.45, 2.75) is 51.9 Å². The number of carbonyl (C=O) groups is 3. The number of fused-ring (bicyclic) bond motifs is 1. The topological polar surface area (TPSA) is 112 Å². The van der Waals surface area contributed by atoms with Gasteiger partial charge < -0.3 is 25.0 Å². The van der Waals surface area contributed by atoms with Gasteiger partial charge in [0.15, 0.2) is 6.10 Å². The summed E-state index contributed by atoms with van der Waals surface area (Å²) in [6, 6.07) is 17.4. The number of ether oxygens (including phenoxy) is 1. The highest BCUT2D eigenvalue weighted by Gasteiger charge is 2.32. The number of H-pyrrole nitrogens is 1. The molecule has 186 valence electrons. The van der Waals surface area contributed by atoms with Crippen LogP contribution in [0.5, 0.6) is 0 Å². The van der Waals surface area contributed by atoms with Gasteiger partial charge in [0.2, 0.25) is 5.91 Å². The van der Waals surface area contributed by atoms with Crippen LogP contribution < -0.4 is 5.32 Å². The predicted octanol–water partition coefficient (Wildman–Crippen LogP) is 3.98. The van der Waals surface area contributed by atoms with Crippen LogP contribution in [0.15, 0.2) is 60.7 Å². The third kappa shape index (κ3) is 7.16. The van der Waals surface area contributed by atoms with E-state index < -0.39 is 24.0 Å². The number of rotatable bonds is 13. The van der Waals surface area contributed by atoms with Crippen LogP contribution in [0.1, 0.15) is 49.2 Å². The first-order chi connectivity index (χ1) is 16.9. The number of amides is 2. The second-order valence-electron chi connectivity index (χ2n) is 8.48. The highest BCUT2D eigenvalue weighted by molar-refractivity contribution is 6.00. The van der Waals surface area contributed by atoms with Gasteiger partial charge in [-0.25, -0.2) is 4.79 Å². The molecule has 35 heavy (non-hydrogen) atoms. The first-order valence-electron chi connectivity index (χ1n) is 12.0. The van der Waals surface area contributed by atoms with Crippen LogP contribution in [-0.2, 0) is 20.9 Å². The van der Waals surface area contributed by atoms with Crippen molar-refractivity contribution in [1.82, 2.24) is 15.2 Å². The summed E-state index contributed by atoms with van der Waals surface area (Å²) in [5.41, 5.74) is 1.93. The molecule has 0 aliphatic heterocycles. The number of para-hydroxylation sites is 1. The smallest absolute Gasteiger partial charge is 0.332 e. The Morgan fingerprint density at radius 3 is 2.29 bits per heavy atom. The molecule has 3 N–H and O–H groups in total. The van der Waals surface area contributed by atoms with Crippen LogP contribution in [0.25, 0.3) is 10.9 Å². The molecule has 8 nitrogen and oxygen atoms in total. The maximum Gasteiger partial charge on any atom is 0.332 e. The summed E-state index contributed by atoms with van der Waals surface area (Å²) < 4.78 is 5.68. The maximum absolute atomic E-state index is 13.4. The van der Waals surface area contributed by atoms with E-state index in [-0.39, 0.29) is 18.9 Å². The Balaban J connectivity index is 1.81. The number of aliphatic carboxylic acids is 1. The monoisotopic (exact) mass is 479 g/mol. The number of nitrogens with zero attached hydrogens (tertiary/aromatic N) is 1. The van der Waals surface area contributed by atoms with Gasteiger partial charge in [-0.1, -0.05) is 62.4 Å². The molecule has 0 bridgehead atoms. The average molecular weight is 480 g/mol. The first kappa shape index (κ1) is 26.0. The zero-order chi connectivity index (χ0) is 25.2. The molecule has 0 aliphatic rings. The molecular formula is C27H33N3O5. The number of hydrogen-bond donors (Lipinski definition) is 3. The Labute approximate surface area is 205 Å². The Kier molecular flexibility index (Phi) is 9.43. The molecule has 0 aliphatic carbocycles. The van der Waals surface area contributed by atoms with Crippen LogP contribution >= 0.6 is 0 Å². The lowest BCUT2D eigenvalue weighted by Gasteiger charge is -2.29. The molecule has 1 heterocycles. The summed E-state index contributed by atoms with van der Waals surface area (Å²) >= 11 is 0. The van der Waals surface area contributed by atoms with Crippen molar-refractivity contribution >= 4 is 28.7 Å². The van der Waals surface area contributed by atoms with Gasteiger partial charge in [-0.15, -0.1) is 0 Å². The van der Waals surface area contributed by atoms with Crippen LogP contribution in [0, 0.1) is 0 Å². The fourth-order valence-electron chi connectivity index (χ4n) is 3.97. The van der Waals surface area contributed by atoms with Crippen molar-refractivity contribution in [3.8, 4) is 0 Å². The summed E-state index contributed by atoms with van der Waals surface area (Å²) in [5.74, 6) is -1.97. The highest BCUT2D eigenvalue weighted by atomic mass is 16.5. The minimum absolute atomic E-state index is 0.0856. The largest absolute Gasteiger partial charge is 0.479 e. The van der Waals surface area contributed by atoms with E-state index >= 15 is 0 Å². The van der Waals surface area contributed by atoms with Gasteiger partial charge in [0, 0.05) is 30.4 Å². The van der Waals surface area contributed by atoms with E-state index in [2.05, 4.69) is 10.3 Å². The van der Waals surface area contributed by atoms with Crippen LogP contribution in [-0.4, -0.2) is 58.0 Å². The van der Waals surface area contributed by atoms with Crippen molar-refractivity contribution in [2.75, 3.05) is 13.1 Å². The summed E-state index contributed by atoms with van der Waals surface area (Å²) in [6.07, 6.45) is 0.0525. The van der Waals surface area contributed by atoms with Crippen LogP contribution in [0.4, 0.5) is 0 Å². The lowest BCUT2D eigenvalue weighted by molar-refractivity contribution is -0.153. The Hall–Kier alpha value is -3.65. The van der Waals surface area contributed by atoms with E-state index in [1.165, 1.54) is 0 Å². The number of benzene rings is 2. The second-order valence-corrected chi connectivity index (χ2v) is 8.48. The predicted molar refractivity (Wildman–Crippen MR) is 134 cm³/mol. The lowest BCUT2D eigenvalue weighted by atomic mass is 10.1. The van der Waals surface area contributed by atoms with Gasteiger partial charge in [0.25, 0.3) is 5.91 Å². The van der Waals surface area contributed by atoms with Crippen molar-refractivity contribution in [2.24, 2.45) is 0 Å². The van der Waals surface area contributed by atoms with Gasteiger partial charge >= 0.3 is 5.97 Å². The molecule has 2 aromatic carbocycles. The molecule has 2 amide bonds. The fraction of sp³-hybridized carbons (Fsp3) is 0.370. The molecule has 0 radical (unpaired) electrons. The molecule has 3 rings (SSSR count). The Morgan fingerprint density at radius 2 is 1.66 bits per heavy atom. The summed E-state index contributed by atoms with van der Waals surface area (Å²) in [5, 5.41) is 13.4. The van der Waals surface area contributed by atoms with Crippen molar-refractivity contribution < 1.29 is 24.2 Å². The van der Waals surface area contributed by atoms with Crippen molar-refractivity contribution in [1.29, 1.82) is 0 Å². The number of aromatic amines is 1. The maximum atomic E-state index is 13.4. The number of carboxylic acids is 1. The number of hydrogen-bond acceptors (Lipinski definition) is 4. The van der Waals surface area contributed by atoms with E-state index in [1.54, 1.807) is 11.0 Å². The lowest BCUT2D eigenvalue weighted by Crippen LogP contribution is -2.51. The molecule has 1 aromatic heterocycles. The molecule has 3 aromatic rings. The fourth-order valence-corrected chi connectivity index (χ4v) is 3.97. The van der Waals surface area contributed by atoms with E-state index in [0.29, 0.717) is 18.8 Å². The number of nitrogens with one attached hydrogen (secondary N) is 2. The van der Waals surface area contributed by atoms with Gasteiger partial charge in [0.05, 0.1) is 6.61 Å². The van der Waals surface area contributed by atoms with E-state index in [9.17, 15) is 19.5 Å². The van der Waals surface area contributed by atoms with E-state index in [1.807, 2.05) is 68.4 Å². The zero-order valence-electron chi connectivity index (χ0n) is 20.2. The third-order valence-corrected chi connectivity index (χ3v) is 5.70. The van der Waals surface area contributed by atoms with Gasteiger partial charge in [-0.05, 0) is 30.5 Å². The van der Waals surface area contributed by atoms with E-state index in [0.717, 1.165) is 29.3 Å². The van der Waals surface area contributed by atoms with Gasteiger partial charge in [0.1, 0.15) is 11.7 Å². The van der Waals surface area contributed by atoms with Gasteiger partial charge in [-0.2, -0.15) is 0 Å². The molecule has 0 fully saturated rings. The van der Waals surface area contributed by atoms with Crippen LogP contribution in [0.3, 0.4) is 0 Å². The summed E-state index contributed by atoms with van der Waals surface area (Å²) in [7, 11) is 0. The molecule has 0 saturated carbocycles. The average Bonchev–Trinajstić information content (AvgIpc) is 3.30. The normalized spacial score (nSPS) is 12.7. The minimum Gasteiger partial charge on any atom is -0.479 e. The molecule has 8 heteroatoms. The third-order valence-electron chi connectivity index (χ3n) is 5.70. The number of carboxylic acid groups (broad SMARTS) is 1. The zero-order valence-corrected chi connectivity index (χ0v) is 20.2. The molecule has 1 unspecified atom stereocenters. The first-order valence-corrected chi connectivity index (χ1v) is 12.0. The second kappa shape index (κ2) is 12.7. The number of carbonyl (C=O) groups excluding carboxylic acids is 2.